The van der Waals surface area contributed by atoms with Crippen LogP contribution in [0.2, 0.25) is 0 Å². The van der Waals surface area contributed by atoms with Gasteiger partial charge in [0.15, 0.2) is 11.7 Å². The number of furan rings is 1. The summed E-state index contributed by atoms with van der Waals surface area (Å²) in [4.78, 5) is 18.3. The van der Waals surface area contributed by atoms with Gasteiger partial charge in [-0.3, -0.25) is 4.79 Å². The highest BCUT2D eigenvalue weighted by Crippen LogP contribution is 2.12. The lowest BCUT2D eigenvalue weighted by Gasteiger charge is -2.19. The number of carbonyl (C=O) groups is 1. The predicted octanol–water partition coefficient (Wildman–Crippen LogP) is 2.69. The minimum absolute atomic E-state index is 0.272. The second-order valence-electron chi connectivity index (χ2n) is 4.98. The third-order valence-corrected chi connectivity index (χ3v) is 3.47. The van der Waals surface area contributed by atoms with Crippen molar-refractivity contribution < 1.29 is 9.21 Å². The van der Waals surface area contributed by atoms with Crippen molar-refractivity contribution in [1.82, 2.24) is 4.90 Å². The van der Waals surface area contributed by atoms with Crippen molar-refractivity contribution in [1.29, 1.82) is 0 Å². The first-order valence-electron chi connectivity index (χ1n) is 7.62. The molecule has 0 aliphatic carbocycles. The number of benzene rings is 1. The Kier molecular flexibility index (Phi) is 5.80. The summed E-state index contributed by atoms with van der Waals surface area (Å²) in [6, 6.07) is 10.8. The SMILES string of the molecule is CCN(CC)C(N)=NCc1ccc(NC(=O)c2ccco2)cc1. The summed E-state index contributed by atoms with van der Waals surface area (Å²) in [5, 5.41) is 2.77. The first kappa shape index (κ1) is 16.6. The number of carbonyl (C=O) groups excluding carboxylic acids is 1. The molecule has 0 aliphatic rings. The Bertz CT molecular complexity index is 644. The first-order chi connectivity index (χ1) is 11.1. The second kappa shape index (κ2) is 8.03. The van der Waals surface area contributed by atoms with Crippen molar-refractivity contribution in [3.8, 4) is 0 Å². The van der Waals surface area contributed by atoms with Crippen LogP contribution in [0.4, 0.5) is 5.69 Å². The van der Waals surface area contributed by atoms with Gasteiger partial charge in [-0.1, -0.05) is 12.1 Å². The number of rotatable bonds is 6. The molecular weight excluding hydrogens is 292 g/mol. The molecule has 0 aliphatic heterocycles. The number of hydrogen-bond acceptors (Lipinski definition) is 3. The Morgan fingerprint density at radius 2 is 1.91 bits per heavy atom. The standard InChI is InChI=1S/C17H22N4O2/c1-3-21(4-2)17(18)19-12-13-7-9-14(10-8-13)20-16(22)15-6-5-11-23-15/h5-11H,3-4,12H2,1-2H3,(H2,18,19)(H,20,22). The van der Waals surface area contributed by atoms with Gasteiger partial charge in [0, 0.05) is 18.8 Å². The van der Waals surface area contributed by atoms with E-state index in [1.807, 2.05) is 43.0 Å². The molecule has 1 amide bonds. The number of guanidine groups is 1. The number of amides is 1. The van der Waals surface area contributed by atoms with Crippen LogP contribution in [0, 0.1) is 0 Å². The topological polar surface area (TPSA) is 83.9 Å². The largest absolute Gasteiger partial charge is 0.459 e. The monoisotopic (exact) mass is 314 g/mol. The Labute approximate surface area is 136 Å². The quantitative estimate of drug-likeness (QED) is 0.634. The summed E-state index contributed by atoms with van der Waals surface area (Å²) < 4.78 is 5.05. The second-order valence-corrected chi connectivity index (χ2v) is 4.98. The first-order valence-corrected chi connectivity index (χ1v) is 7.62. The van der Waals surface area contributed by atoms with Gasteiger partial charge in [0.25, 0.3) is 5.91 Å². The zero-order chi connectivity index (χ0) is 16.7. The van der Waals surface area contributed by atoms with Crippen LogP contribution in [0.5, 0.6) is 0 Å². The van der Waals surface area contributed by atoms with E-state index < -0.39 is 0 Å². The van der Waals surface area contributed by atoms with Gasteiger partial charge in [0.05, 0.1) is 12.8 Å². The average Bonchev–Trinajstić information content (AvgIpc) is 3.10. The molecule has 6 heteroatoms. The van der Waals surface area contributed by atoms with Gasteiger partial charge in [0.1, 0.15) is 0 Å². The highest BCUT2D eigenvalue weighted by Gasteiger charge is 2.08. The minimum atomic E-state index is -0.272. The van der Waals surface area contributed by atoms with E-state index in [4.69, 9.17) is 10.2 Å². The van der Waals surface area contributed by atoms with Gasteiger partial charge in [-0.2, -0.15) is 0 Å². The van der Waals surface area contributed by atoms with Gasteiger partial charge in [-0.15, -0.1) is 0 Å². The summed E-state index contributed by atoms with van der Waals surface area (Å²) in [6.45, 7) is 6.27. The number of nitrogens with zero attached hydrogens (tertiary/aromatic N) is 2. The minimum Gasteiger partial charge on any atom is -0.459 e. The molecule has 0 unspecified atom stereocenters. The molecular formula is C17H22N4O2. The van der Waals surface area contributed by atoms with E-state index in [1.54, 1.807) is 12.1 Å². The normalized spacial score (nSPS) is 11.3. The smallest absolute Gasteiger partial charge is 0.291 e. The molecule has 122 valence electrons. The van der Waals surface area contributed by atoms with E-state index in [9.17, 15) is 4.79 Å². The molecule has 1 heterocycles. The number of nitrogens with one attached hydrogen (secondary N) is 1. The molecule has 0 bridgehead atoms. The van der Waals surface area contributed by atoms with Crippen molar-refractivity contribution in [3.05, 3.63) is 54.0 Å². The molecule has 1 aromatic carbocycles. The van der Waals surface area contributed by atoms with Gasteiger partial charge in [0.2, 0.25) is 0 Å². The van der Waals surface area contributed by atoms with Crippen LogP contribution in [0.3, 0.4) is 0 Å². The molecule has 0 radical (unpaired) electrons. The summed E-state index contributed by atoms with van der Waals surface area (Å²) in [6.07, 6.45) is 1.47. The fourth-order valence-electron chi connectivity index (χ4n) is 2.11. The van der Waals surface area contributed by atoms with Crippen molar-refractivity contribution in [3.63, 3.8) is 0 Å². The van der Waals surface area contributed by atoms with E-state index in [0.29, 0.717) is 18.2 Å². The molecule has 23 heavy (non-hydrogen) atoms. The maximum Gasteiger partial charge on any atom is 0.291 e. The number of anilines is 1. The lowest BCUT2D eigenvalue weighted by Crippen LogP contribution is -2.37. The van der Waals surface area contributed by atoms with Crippen molar-refractivity contribution in [2.75, 3.05) is 18.4 Å². The van der Waals surface area contributed by atoms with Crippen LogP contribution in [-0.4, -0.2) is 29.9 Å². The average molecular weight is 314 g/mol. The molecule has 0 saturated carbocycles. The third-order valence-electron chi connectivity index (χ3n) is 3.47. The van der Waals surface area contributed by atoms with Gasteiger partial charge in [-0.05, 0) is 43.7 Å². The van der Waals surface area contributed by atoms with Gasteiger partial charge in [-0.25, -0.2) is 4.99 Å². The molecule has 1 aromatic heterocycles. The number of aliphatic imine (C=N–C) groups is 1. The fraction of sp³-hybridized carbons (Fsp3) is 0.294. The van der Waals surface area contributed by atoms with E-state index in [0.717, 1.165) is 18.7 Å². The Morgan fingerprint density at radius 3 is 2.48 bits per heavy atom. The summed E-state index contributed by atoms with van der Waals surface area (Å²) in [5.74, 6) is 0.558. The van der Waals surface area contributed by atoms with Crippen LogP contribution in [0.1, 0.15) is 30.0 Å². The maximum atomic E-state index is 11.9. The molecule has 0 fully saturated rings. The molecule has 6 nitrogen and oxygen atoms in total. The lowest BCUT2D eigenvalue weighted by molar-refractivity contribution is 0.0996. The zero-order valence-corrected chi connectivity index (χ0v) is 13.5. The highest BCUT2D eigenvalue weighted by atomic mass is 16.3. The van der Waals surface area contributed by atoms with Crippen molar-refractivity contribution in [2.45, 2.75) is 20.4 Å². The van der Waals surface area contributed by atoms with E-state index >= 15 is 0 Å². The summed E-state index contributed by atoms with van der Waals surface area (Å²) in [5.41, 5.74) is 7.67. The molecule has 3 N–H and O–H groups in total. The van der Waals surface area contributed by atoms with Crippen LogP contribution >= 0.6 is 0 Å². The Hall–Kier alpha value is -2.76. The fourth-order valence-corrected chi connectivity index (χ4v) is 2.11. The van der Waals surface area contributed by atoms with Crippen molar-refractivity contribution in [2.24, 2.45) is 10.7 Å². The van der Waals surface area contributed by atoms with E-state index in [2.05, 4.69) is 10.3 Å². The molecule has 0 saturated heterocycles. The Morgan fingerprint density at radius 1 is 1.22 bits per heavy atom. The van der Waals surface area contributed by atoms with Crippen LogP contribution in [-0.2, 0) is 6.54 Å². The van der Waals surface area contributed by atoms with Gasteiger partial charge < -0.3 is 20.4 Å². The van der Waals surface area contributed by atoms with Crippen molar-refractivity contribution >= 4 is 17.6 Å². The molecule has 0 spiro atoms. The zero-order valence-electron chi connectivity index (χ0n) is 13.5. The summed E-state index contributed by atoms with van der Waals surface area (Å²) >= 11 is 0. The van der Waals surface area contributed by atoms with Crippen LogP contribution in [0.25, 0.3) is 0 Å². The number of hydrogen-bond donors (Lipinski definition) is 2. The van der Waals surface area contributed by atoms with Gasteiger partial charge >= 0.3 is 0 Å². The number of nitrogens with two attached hydrogens (primary N) is 1. The molecule has 0 atom stereocenters. The molecule has 2 rings (SSSR count). The van der Waals surface area contributed by atoms with E-state index in [1.165, 1.54) is 6.26 Å². The Balaban J connectivity index is 1.94. The predicted molar refractivity (Wildman–Crippen MR) is 91.4 cm³/mol. The van der Waals surface area contributed by atoms with E-state index in [-0.39, 0.29) is 11.7 Å². The highest BCUT2D eigenvalue weighted by molar-refractivity contribution is 6.02. The summed E-state index contributed by atoms with van der Waals surface area (Å²) in [7, 11) is 0. The third kappa shape index (κ3) is 4.60. The van der Waals surface area contributed by atoms with Crippen LogP contribution in [0.15, 0.2) is 52.1 Å². The molecule has 2 aromatic rings. The lowest BCUT2D eigenvalue weighted by atomic mass is 10.2. The maximum absolute atomic E-state index is 11.9. The van der Waals surface area contributed by atoms with Crippen LogP contribution < -0.4 is 11.1 Å².